The summed E-state index contributed by atoms with van der Waals surface area (Å²) in [5, 5.41) is 2.74. The molecule has 0 saturated heterocycles. The molecule has 1 aromatic heterocycles. The first-order valence-corrected chi connectivity index (χ1v) is 8.27. The van der Waals surface area contributed by atoms with Gasteiger partial charge in [-0.05, 0) is 24.3 Å². The van der Waals surface area contributed by atoms with Crippen LogP contribution >= 0.6 is 15.9 Å². The summed E-state index contributed by atoms with van der Waals surface area (Å²) in [6, 6.07) is 13.2. The smallest absolute Gasteiger partial charge is 0.252 e. The van der Waals surface area contributed by atoms with Crippen molar-refractivity contribution in [3.63, 3.8) is 0 Å². The Morgan fingerprint density at radius 3 is 2.56 bits per heavy atom. The van der Waals surface area contributed by atoms with Crippen LogP contribution in [0.5, 0.6) is 0 Å². The Morgan fingerprint density at radius 2 is 1.84 bits per heavy atom. The summed E-state index contributed by atoms with van der Waals surface area (Å²) in [5.74, 6) is -0.118. The van der Waals surface area contributed by atoms with Crippen LogP contribution in [0.25, 0.3) is 22.8 Å². The second kappa shape index (κ2) is 7.44. The molecule has 1 N–H and O–H groups in total. The number of carbonyl (C=O) groups excluding carboxylic acids is 1. The maximum Gasteiger partial charge on any atom is 0.252 e. The summed E-state index contributed by atoms with van der Waals surface area (Å²) < 4.78 is 20.3. The van der Waals surface area contributed by atoms with Crippen LogP contribution in [-0.2, 0) is 0 Å². The van der Waals surface area contributed by atoms with Gasteiger partial charge in [0.25, 0.3) is 5.91 Å². The normalized spacial score (nSPS) is 10.5. The van der Waals surface area contributed by atoms with Crippen molar-refractivity contribution in [3.8, 4) is 22.8 Å². The first-order chi connectivity index (χ1) is 12.1. The third-order valence-electron chi connectivity index (χ3n) is 3.49. The Bertz CT molecular complexity index is 936. The van der Waals surface area contributed by atoms with Crippen molar-refractivity contribution in [2.75, 3.05) is 6.54 Å². The highest BCUT2D eigenvalue weighted by Gasteiger charge is 2.17. The highest BCUT2D eigenvalue weighted by molar-refractivity contribution is 9.11. The van der Waals surface area contributed by atoms with Gasteiger partial charge >= 0.3 is 0 Å². The molecule has 0 aliphatic heterocycles. The van der Waals surface area contributed by atoms with E-state index in [0.29, 0.717) is 33.5 Å². The number of aromatic nitrogens is 1. The number of oxazole rings is 1. The molecule has 126 valence electrons. The van der Waals surface area contributed by atoms with Crippen LogP contribution in [-0.4, -0.2) is 17.4 Å². The van der Waals surface area contributed by atoms with E-state index >= 15 is 0 Å². The number of benzene rings is 2. The van der Waals surface area contributed by atoms with Gasteiger partial charge in [0.2, 0.25) is 5.89 Å². The van der Waals surface area contributed by atoms with Gasteiger partial charge in [-0.1, -0.05) is 46.8 Å². The predicted molar refractivity (Wildman–Crippen MR) is 97.7 cm³/mol. The number of hydrogen-bond acceptors (Lipinski definition) is 3. The lowest BCUT2D eigenvalue weighted by Crippen LogP contribution is -2.24. The van der Waals surface area contributed by atoms with E-state index in [1.807, 2.05) is 0 Å². The minimum Gasteiger partial charge on any atom is -0.436 e. The molecule has 3 rings (SSSR count). The summed E-state index contributed by atoms with van der Waals surface area (Å²) in [5.41, 5.74) is 1.26. The van der Waals surface area contributed by atoms with Gasteiger partial charge in [0, 0.05) is 16.6 Å². The monoisotopic (exact) mass is 400 g/mol. The zero-order chi connectivity index (χ0) is 17.8. The molecule has 4 nitrogen and oxygen atoms in total. The van der Waals surface area contributed by atoms with Crippen molar-refractivity contribution in [3.05, 3.63) is 77.2 Å². The van der Waals surface area contributed by atoms with Crippen molar-refractivity contribution in [1.29, 1.82) is 0 Å². The second-order valence-electron chi connectivity index (χ2n) is 5.26. The lowest BCUT2D eigenvalue weighted by atomic mass is 10.1. The van der Waals surface area contributed by atoms with E-state index in [1.54, 1.807) is 42.5 Å². The lowest BCUT2D eigenvalue weighted by molar-refractivity contribution is 0.0958. The topological polar surface area (TPSA) is 55.1 Å². The highest BCUT2D eigenvalue weighted by Crippen LogP contribution is 2.29. The number of nitrogens with zero attached hydrogens (tertiary/aromatic N) is 1. The summed E-state index contributed by atoms with van der Waals surface area (Å²) in [6.45, 7) is 3.99. The molecule has 1 amide bonds. The average molecular weight is 401 g/mol. The van der Waals surface area contributed by atoms with Gasteiger partial charge in [-0.15, -0.1) is 0 Å². The van der Waals surface area contributed by atoms with Gasteiger partial charge < -0.3 is 9.73 Å². The molecule has 3 aromatic rings. The van der Waals surface area contributed by atoms with Crippen molar-refractivity contribution >= 4 is 21.8 Å². The van der Waals surface area contributed by atoms with Crippen LogP contribution in [0.15, 0.2) is 70.2 Å². The summed E-state index contributed by atoms with van der Waals surface area (Å²) in [6.07, 6.45) is 1.45. The number of amides is 1. The van der Waals surface area contributed by atoms with E-state index in [4.69, 9.17) is 4.42 Å². The molecule has 0 aliphatic carbocycles. The Kier molecular flexibility index (Phi) is 5.09. The molecule has 0 saturated carbocycles. The first kappa shape index (κ1) is 17.1. The molecule has 2 aromatic carbocycles. The van der Waals surface area contributed by atoms with E-state index in [-0.39, 0.29) is 11.8 Å². The Hall–Kier alpha value is -2.73. The van der Waals surface area contributed by atoms with Gasteiger partial charge in [0.1, 0.15) is 5.82 Å². The zero-order valence-electron chi connectivity index (χ0n) is 13.1. The quantitative estimate of drug-likeness (QED) is 0.669. The third-order valence-corrected chi connectivity index (χ3v) is 3.77. The molecule has 0 aliphatic rings. The van der Waals surface area contributed by atoms with E-state index < -0.39 is 5.82 Å². The van der Waals surface area contributed by atoms with Crippen LogP contribution in [0, 0.1) is 5.82 Å². The molecule has 0 fully saturated rings. The molecule has 0 bridgehead atoms. The number of carbonyl (C=O) groups is 1. The maximum absolute atomic E-state index is 13.9. The fourth-order valence-electron chi connectivity index (χ4n) is 2.32. The fourth-order valence-corrected chi connectivity index (χ4v) is 2.46. The van der Waals surface area contributed by atoms with Gasteiger partial charge in [-0.2, -0.15) is 0 Å². The SMILES string of the molecule is C=C(Br)CNC(=O)c1ccccc1-c1ncc(-c2ccccc2F)o1. The van der Waals surface area contributed by atoms with Crippen LogP contribution in [0.3, 0.4) is 0 Å². The average Bonchev–Trinajstić information content (AvgIpc) is 3.09. The number of rotatable bonds is 5. The van der Waals surface area contributed by atoms with Crippen molar-refractivity contribution in [1.82, 2.24) is 10.3 Å². The van der Waals surface area contributed by atoms with Crippen LogP contribution in [0.1, 0.15) is 10.4 Å². The third kappa shape index (κ3) is 3.85. The number of halogens is 2. The van der Waals surface area contributed by atoms with Crippen molar-refractivity contribution in [2.45, 2.75) is 0 Å². The molecule has 0 unspecified atom stereocenters. The second-order valence-corrected chi connectivity index (χ2v) is 6.38. The molecular weight excluding hydrogens is 387 g/mol. The summed E-state index contributed by atoms with van der Waals surface area (Å²) in [4.78, 5) is 16.6. The lowest BCUT2D eigenvalue weighted by Gasteiger charge is -2.07. The summed E-state index contributed by atoms with van der Waals surface area (Å²) in [7, 11) is 0. The largest absolute Gasteiger partial charge is 0.436 e. The van der Waals surface area contributed by atoms with Gasteiger partial charge in [-0.25, -0.2) is 9.37 Å². The Morgan fingerprint density at radius 1 is 1.16 bits per heavy atom. The minimum atomic E-state index is -0.396. The molecule has 0 radical (unpaired) electrons. The molecule has 1 heterocycles. The van der Waals surface area contributed by atoms with E-state index in [9.17, 15) is 9.18 Å². The Labute approximate surface area is 152 Å². The molecule has 6 heteroatoms. The van der Waals surface area contributed by atoms with Crippen molar-refractivity contribution in [2.24, 2.45) is 0 Å². The van der Waals surface area contributed by atoms with Crippen molar-refractivity contribution < 1.29 is 13.6 Å². The molecular formula is C19H14BrFN2O2. The highest BCUT2D eigenvalue weighted by atomic mass is 79.9. The first-order valence-electron chi connectivity index (χ1n) is 7.48. The van der Waals surface area contributed by atoms with E-state index in [1.165, 1.54) is 12.3 Å². The van der Waals surface area contributed by atoms with Gasteiger partial charge in [-0.3, -0.25) is 4.79 Å². The van der Waals surface area contributed by atoms with Crippen LogP contribution in [0.4, 0.5) is 4.39 Å². The molecule has 25 heavy (non-hydrogen) atoms. The Balaban J connectivity index is 1.94. The van der Waals surface area contributed by atoms with Gasteiger partial charge in [0.15, 0.2) is 5.76 Å². The number of nitrogens with one attached hydrogen (secondary N) is 1. The van der Waals surface area contributed by atoms with Crippen LogP contribution < -0.4 is 5.32 Å². The standard InChI is InChI=1S/C19H14BrFN2O2/c1-12(20)10-22-18(24)13-6-2-3-7-14(13)19-23-11-17(25-19)15-8-4-5-9-16(15)21/h2-9,11H,1,10H2,(H,22,24). The van der Waals surface area contributed by atoms with Gasteiger partial charge in [0.05, 0.1) is 17.3 Å². The molecule has 0 spiro atoms. The zero-order valence-corrected chi connectivity index (χ0v) is 14.7. The number of hydrogen-bond donors (Lipinski definition) is 1. The minimum absolute atomic E-state index is 0.252. The van der Waals surface area contributed by atoms with Crippen LogP contribution in [0.2, 0.25) is 0 Å². The predicted octanol–water partition coefficient (Wildman–Crippen LogP) is 4.79. The fraction of sp³-hybridized carbons (Fsp3) is 0.0526. The maximum atomic E-state index is 13.9. The van der Waals surface area contributed by atoms with E-state index in [2.05, 4.69) is 32.8 Å². The molecule has 0 atom stereocenters. The van der Waals surface area contributed by atoms with E-state index in [0.717, 1.165) is 0 Å². The summed E-state index contributed by atoms with van der Waals surface area (Å²) >= 11 is 3.20.